The molecule has 0 aliphatic carbocycles. The second-order valence-electron chi connectivity index (χ2n) is 4.80. The van der Waals surface area contributed by atoms with Crippen molar-refractivity contribution in [1.29, 1.82) is 0 Å². The molecule has 2 rings (SSSR count). The molecule has 0 bridgehead atoms. The Labute approximate surface area is 116 Å². The highest BCUT2D eigenvalue weighted by atomic mass is 16.2. The van der Waals surface area contributed by atoms with E-state index in [1.807, 2.05) is 31.2 Å². The normalized spacial score (nSPS) is 17.6. The van der Waals surface area contributed by atoms with Crippen LogP contribution in [0.25, 0.3) is 0 Å². The number of imide groups is 1. The van der Waals surface area contributed by atoms with Crippen molar-refractivity contribution in [1.82, 2.24) is 16.0 Å². The lowest BCUT2D eigenvalue weighted by Gasteiger charge is -2.09. The fourth-order valence-electron chi connectivity index (χ4n) is 1.92. The zero-order valence-electron chi connectivity index (χ0n) is 11.2. The number of hydrogen-bond acceptors (Lipinski definition) is 3. The minimum absolute atomic E-state index is 0.115. The molecule has 0 aromatic heterocycles. The smallest absolute Gasteiger partial charge is 0.322 e. The number of amides is 4. The highest BCUT2D eigenvalue weighted by molar-refractivity contribution is 6.04. The van der Waals surface area contributed by atoms with Gasteiger partial charge in [-0.05, 0) is 18.9 Å². The summed E-state index contributed by atoms with van der Waals surface area (Å²) in [5, 5.41) is 7.18. The molecule has 1 atom stereocenters. The van der Waals surface area contributed by atoms with Gasteiger partial charge >= 0.3 is 6.03 Å². The van der Waals surface area contributed by atoms with Crippen LogP contribution in [0.3, 0.4) is 0 Å². The average Bonchev–Trinajstić information content (AvgIpc) is 2.74. The summed E-state index contributed by atoms with van der Waals surface area (Å²) in [6, 6.07) is 6.80. The maximum Gasteiger partial charge on any atom is 0.322 e. The van der Waals surface area contributed by atoms with Crippen molar-refractivity contribution in [2.45, 2.75) is 25.8 Å². The third-order valence-corrected chi connectivity index (χ3v) is 3.12. The molecule has 0 saturated carbocycles. The van der Waals surface area contributed by atoms with Gasteiger partial charge in [0.1, 0.15) is 6.04 Å². The summed E-state index contributed by atoms with van der Waals surface area (Å²) in [4.78, 5) is 33.8. The summed E-state index contributed by atoms with van der Waals surface area (Å²) in [5.41, 5.74) is 2.28. The number of aryl methyl sites for hydroxylation is 2. The van der Waals surface area contributed by atoms with E-state index in [0.29, 0.717) is 12.8 Å². The Balaban J connectivity index is 1.72. The first-order chi connectivity index (χ1) is 9.54. The van der Waals surface area contributed by atoms with Crippen molar-refractivity contribution in [3.8, 4) is 0 Å². The lowest BCUT2D eigenvalue weighted by atomic mass is 10.1. The monoisotopic (exact) mass is 275 g/mol. The first-order valence-electron chi connectivity index (χ1n) is 6.48. The molecule has 6 heteroatoms. The van der Waals surface area contributed by atoms with Crippen LogP contribution >= 0.6 is 0 Å². The van der Waals surface area contributed by atoms with Crippen molar-refractivity contribution in [3.63, 3.8) is 0 Å². The van der Waals surface area contributed by atoms with Crippen molar-refractivity contribution in [3.05, 3.63) is 35.4 Å². The van der Waals surface area contributed by atoms with E-state index >= 15 is 0 Å². The van der Waals surface area contributed by atoms with Crippen LogP contribution in [0.2, 0.25) is 0 Å². The highest BCUT2D eigenvalue weighted by Gasteiger charge is 2.29. The Hall–Kier alpha value is -2.37. The molecular formula is C14H17N3O3. The van der Waals surface area contributed by atoms with Crippen LogP contribution < -0.4 is 16.0 Å². The van der Waals surface area contributed by atoms with Crippen LogP contribution in [-0.2, 0) is 16.0 Å². The van der Waals surface area contributed by atoms with E-state index in [9.17, 15) is 14.4 Å². The molecule has 106 valence electrons. The topological polar surface area (TPSA) is 87.3 Å². The second kappa shape index (κ2) is 6.18. The molecule has 1 aliphatic heterocycles. The molecule has 1 saturated heterocycles. The van der Waals surface area contributed by atoms with Crippen molar-refractivity contribution < 1.29 is 14.4 Å². The van der Waals surface area contributed by atoms with E-state index in [2.05, 4.69) is 16.0 Å². The van der Waals surface area contributed by atoms with Gasteiger partial charge in [-0.2, -0.15) is 0 Å². The van der Waals surface area contributed by atoms with Gasteiger partial charge in [0.2, 0.25) is 5.91 Å². The van der Waals surface area contributed by atoms with Gasteiger partial charge in [0.05, 0.1) is 0 Å². The van der Waals surface area contributed by atoms with Crippen molar-refractivity contribution in [2.24, 2.45) is 0 Å². The molecule has 1 aliphatic rings. The maximum atomic E-state index is 11.7. The Morgan fingerprint density at radius 1 is 1.25 bits per heavy atom. The summed E-state index contributed by atoms with van der Waals surface area (Å²) in [6.45, 7) is 2.13. The third kappa shape index (κ3) is 3.81. The SMILES string of the molecule is Cc1ccc(CCC(=O)NCC2NC(=O)NC2=O)cc1. The van der Waals surface area contributed by atoms with E-state index in [1.165, 1.54) is 5.56 Å². The lowest BCUT2D eigenvalue weighted by Crippen LogP contribution is -2.41. The van der Waals surface area contributed by atoms with Gasteiger partial charge in [-0.1, -0.05) is 29.8 Å². The third-order valence-electron chi connectivity index (χ3n) is 3.12. The van der Waals surface area contributed by atoms with Gasteiger partial charge in [0.25, 0.3) is 5.91 Å². The fraction of sp³-hybridized carbons (Fsp3) is 0.357. The molecule has 3 N–H and O–H groups in total. The van der Waals surface area contributed by atoms with Gasteiger partial charge < -0.3 is 10.6 Å². The predicted octanol–water partition coefficient (Wildman–Crippen LogP) is 0.252. The van der Waals surface area contributed by atoms with E-state index in [-0.39, 0.29) is 12.5 Å². The van der Waals surface area contributed by atoms with Crippen LogP contribution in [-0.4, -0.2) is 30.4 Å². The average molecular weight is 275 g/mol. The number of carbonyl (C=O) groups is 3. The Kier molecular flexibility index (Phi) is 4.34. The number of urea groups is 1. The molecule has 1 unspecified atom stereocenters. The van der Waals surface area contributed by atoms with Gasteiger partial charge in [-0.15, -0.1) is 0 Å². The van der Waals surface area contributed by atoms with E-state index in [0.717, 1.165) is 5.56 Å². The van der Waals surface area contributed by atoms with Crippen LogP contribution in [0, 0.1) is 6.92 Å². The largest absolute Gasteiger partial charge is 0.353 e. The number of hydrogen-bond donors (Lipinski definition) is 3. The molecule has 0 spiro atoms. The second-order valence-corrected chi connectivity index (χ2v) is 4.80. The Morgan fingerprint density at radius 3 is 2.55 bits per heavy atom. The van der Waals surface area contributed by atoms with Gasteiger partial charge in [-0.25, -0.2) is 4.79 Å². The molecule has 1 aromatic rings. The molecular weight excluding hydrogens is 258 g/mol. The van der Waals surface area contributed by atoms with Gasteiger partial charge in [0, 0.05) is 13.0 Å². The van der Waals surface area contributed by atoms with E-state index in [1.54, 1.807) is 0 Å². The molecule has 1 heterocycles. The standard InChI is InChI=1S/C14H17N3O3/c1-9-2-4-10(5-3-9)6-7-12(18)15-8-11-13(19)17-14(20)16-11/h2-5,11H,6-8H2,1H3,(H,15,18)(H2,16,17,19,20). The van der Waals surface area contributed by atoms with Crippen molar-refractivity contribution in [2.75, 3.05) is 6.54 Å². The first kappa shape index (κ1) is 14.0. The summed E-state index contributed by atoms with van der Waals surface area (Å²) in [5.74, 6) is -0.548. The highest BCUT2D eigenvalue weighted by Crippen LogP contribution is 2.05. The van der Waals surface area contributed by atoms with Gasteiger partial charge in [-0.3, -0.25) is 14.9 Å². The van der Waals surface area contributed by atoms with Crippen LogP contribution in [0.4, 0.5) is 4.79 Å². The molecule has 0 radical (unpaired) electrons. The predicted molar refractivity (Wildman–Crippen MR) is 73.0 cm³/mol. The minimum atomic E-state index is -0.675. The lowest BCUT2D eigenvalue weighted by molar-refractivity contribution is -0.122. The zero-order chi connectivity index (χ0) is 14.5. The fourth-order valence-corrected chi connectivity index (χ4v) is 1.92. The van der Waals surface area contributed by atoms with Crippen molar-refractivity contribution >= 4 is 17.8 Å². The number of rotatable bonds is 5. The summed E-state index contributed by atoms with van der Waals surface area (Å²) >= 11 is 0. The number of nitrogens with one attached hydrogen (secondary N) is 3. The molecule has 20 heavy (non-hydrogen) atoms. The minimum Gasteiger partial charge on any atom is -0.353 e. The van der Waals surface area contributed by atoms with Crippen LogP contribution in [0.1, 0.15) is 17.5 Å². The molecule has 4 amide bonds. The summed E-state index contributed by atoms with van der Waals surface area (Å²) in [6.07, 6.45) is 1.00. The quantitative estimate of drug-likeness (QED) is 0.673. The van der Waals surface area contributed by atoms with E-state index in [4.69, 9.17) is 0 Å². The van der Waals surface area contributed by atoms with E-state index < -0.39 is 18.0 Å². The zero-order valence-corrected chi connectivity index (χ0v) is 11.2. The number of benzene rings is 1. The summed E-state index contributed by atoms with van der Waals surface area (Å²) in [7, 11) is 0. The maximum absolute atomic E-state index is 11.7. The van der Waals surface area contributed by atoms with Crippen LogP contribution in [0.15, 0.2) is 24.3 Å². The molecule has 1 aromatic carbocycles. The summed E-state index contributed by atoms with van der Waals surface area (Å²) < 4.78 is 0. The molecule has 6 nitrogen and oxygen atoms in total. The molecule has 1 fully saturated rings. The Bertz CT molecular complexity index is 525. The van der Waals surface area contributed by atoms with Gasteiger partial charge in [0.15, 0.2) is 0 Å². The number of carbonyl (C=O) groups excluding carboxylic acids is 3. The first-order valence-corrected chi connectivity index (χ1v) is 6.48. The Morgan fingerprint density at radius 2 is 1.95 bits per heavy atom. The van der Waals surface area contributed by atoms with Crippen LogP contribution in [0.5, 0.6) is 0 Å².